The van der Waals surface area contributed by atoms with Crippen molar-refractivity contribution in [1.82, 2.24) is 5.32 Å². The van der Waals surface area contributed by atoms with Crippen LogP contribution in [0.3, 0.4) is 0 Å². The van der Waals surface area contributed by atoms with Gasteiger partial charge < -0.3 is 4.74 Å². The first-order valence-corrected chi connectivity index (χ1v) is 4.81. The van der Waals surface area contributed by atoms with Crippen LogP contribution >= 0.6 is 0 Å². The van der Waals surface area contributed by atoms with Gasteiger partial charge >= 0.3 is 0 Å². The molecular weight excluding hydrogens is 182 g/mol. The highest BCUT2D eigenvalue weighted by molar-refractivity contribution is 5.97. The van der Waals surface area contributed by atoms with Crippen molar-refractivity contribution in [3.05, 3.63) is 0 Å². The highest BCUT2D eigenvalue weighted by atomic mass is 16.5. The zero-order chi connectivity index (χ0) is 10.8. The van der Waals surface area contributed by atoms with Gasteiger partial charge in [0, 0.05) is 20.0 Å². The third kappa shape index (κ3) is 3.10. The Hall–Kier alpha value is -0.900. The minimum absolute atomic E-state index is 0.117. The molecule has 0 spiro atoms. The number of hydrogen-bond acceptors (Lipinski definition) is 3. The first-order valence-electron chi connectivity index (χ1n) is 4.81. The van der Waals surface area contributed by atoms with Crippen LogP contribution in [0.15, 0.2) is 0 Å². The molecule has 1 aliphatic heterocycles. The number of ether oxygens (including phenoxy) is 1. The summed E-state index contributed by atoms with van der Waals surface area (Å²) in [5.41, 5.74) is -0.261. The van der Waals surface area contributed by atoms with E-state index in [9.17, 15) is 9.59 Å². The van der Waals surface area contributed by atoms with E-state index in [1.807, 2.05) is 13.8 Å². The first kappa shape index (κ1) is 11.2. The van der Waals surface area contributed by atoms with Crippen LogP contribution in [0, 0.1) is 5.92 Å². The SMILES string of the molecule is COC(C)(C)CC1CC(=O)NC(=O)C1. The standard InChI is InChI=1S/C10H17NO3/c1-10(2,14-3)6-7-4-8(12)11-9(13)5-7/h7H,4-6H2,1-3H3,(H,11,12,13). The van der Waals surface area contributed by atoms with E-state index in [0.717, 1.165) is 6.42 Å². The number of imide groups is 1. The van der Waals surface area contributed by atoms with Crippen molar-refractivity contribution in [3.63, 3.8) is 0 Å². The van der Waals surface area contributed by atoms with Gasteiger partial charge in [0.15, 0.2) is 0 Å². The van der Waals surface area contributed by atoms with Crippen molar-refractivity contribution in [2.45, 2.75) is 38.7 Å². The van der Waals surface area contributed by atoms with E-state index in [-0.39, 0.29) is 23.3 Å². The number of amides is 2. The summed E-state index contributed by atoms with van der Waals surface area (Å²) in [4.78, 5) is 22.2. The van der Waals surface area contributed by atoms with E-state index in [1.165, 1.54) is 0 Å². The van der Waals surface area contributed by atoms with E-state index < -0.39 is 0 Å². The van der Waals surface area contributed by atoms with Crippen LogP contribution in [0.2, 0.25) is 0 Å². The van der Waals surface area contributed by atoms with Crippen LogP contribution in [-0.2, 0) is 14.3 Å². The van der Waals surface area contributed by atoms with E-state index >= 15 is 0 Å². The lowest BCUT2D eigenvalue weighted by Crippen LogP contribution is -2.40. The second kappa shape index (κ2) is 4.09. The van der Waals surface area contributed by atoms with E-state index in [4.69, 9.17) is 4.74 Å². The molecule has 0 radical (unpaired) electrons. The minimum atomic E-state index is -0.261. The molecule has 0 aromatic heterocycles. The van der Waals surface area contributed by atoms with Crippen molar-refractivity contribution >= 4 is 11.8 Å². The Balaban J connectivity index is 2.52. The second-order valence-corrected chi connectivity index (χ2v) is 4.41. The van der Waals surface area contributed by atoms with Crippen molar-refractivity contribution in [2.24, 2.45) is 5.92 Å². The quantitative estimate of drug-likeness (QED) is 0.686. The molecule has 0 atom stereocenters. The number of nitrogens with one attached hydrogen (secondary N) is 1. The Morgan fingerprint density at radius 2 is 1.86 bits per heavy atom. The highest BCUT2D eigenvalue weighted by Crippen LogP contribution is 2.26. The summed E-state index contributed by atoms with van der Waals surface area (Å²) in [6.07, 6.45) is 1.60. The fraction of sp³-hybridized carbons (Fsp3) is 0.800. The van der Waals surface area contributed by atoms with Gasteiger partial charge in [0.25, 0.3) is 0 Å². The predicted molar refractivity (Wildman–Crippen MR) is 51.6 cm³/mol. The van der Waals surface area contributed by atoms with Gasteiger partial charge in [-0.2, -0.15) is 0 Å². The van der Waals surface area contributed by atoms with Crippen LogP contribution < -0.4 is 5.32 Å². The van der Waals surface area contributed by atoms with Crippen molar-refractivity contribution in [1.29, 1.82) is 0 Å². The molecule has 1 saturated heterocycles. The molecular formula is C10H17NO3. The molecule has 0 bridgehead atoms. The molecule has 4 nitrogen and oxygen atoms in total. The molecule has 0 aliphatic carbocycles. The molecule has 2 amide bonds. The van der Waals surface area contributed by atoms with E-state index in [2.05, 4.69) is 5.32 Å². The molecule has 0 aromatic rings. The number of piperidine rings is 1. The lowest BCUT2D eigenvalue weighted by Gasteiger charge is -2.29. The number of methoxy groups -OCH3 is 1. The molecule has 0 unspecified atom stereocenters. The van der Waals surface area contributed by atoms with Gasteiger partial charge in [0.2, 0.25) is 11.8 Å². The van der Waals surface area contributed by atoms with Crippen LogP contribution in [0.5, 0.6) is 0 Å². The number of carbonyl (C=O) groups excluding carboxylic acids is 2. The summed E-state index contributed by atoms with van der Waals surface area (Å²) in [5.74, 6) is -0.220. The Morgan fingerprint density at radius 1 is 1.36 bits per heavy atom. The summed E-state index contributed by atoms with van der Waals surface area (Å²) in [6.45, 7) is 3.92. The van der Waals surface area contributed by atoms with Gasteiger partial charge in [0.1, 0.15) is 0 Å². The predicted octanol–water partition coefficient (Wildman–Crippen LogP) is 0.854. The van der Waals surface area contributed by atoms with E-state index in [1.54, 1.807) is 7.11 Å². The van der Waals surface area contributed by atoms with Gasteiger partial charge in [-0.3, -0.25) is 14.9 Å². The van der Waals surface area contributed by atoms with Crippen LogP contribution in [0.1, 0.15) is 33.1 Å². The Bertz CT molecular complexity index is 232. The maximum atomic E-state index is 11.1. The van der Waals surface area contributed by atoms with Crippen molar-refractivity contribution < 1.29 is 14.3 Å². The van der Waals surface area contributed by atoms with Crippen molar-refractivity contribution in [3.8, 4) is 0 Å². The summed E-state index contributed by atoms with van der Waals surface area (Å²) < 4.78 is 5.27. The van der Waals surface area contributed by atoms with Gasteiger partial charge in [-0.1, -0.05) is 0 Å². The monoisotopic (exact) mass is 199 g/mol. The molecule has 80 valence electrons. The third-order valence-corrected chi connectivity index (χ3v) is 2.56. The maximum absolute atomic E-state index is 11.1. The summed E-state index contributed by atoms with van der Waals surface area (Å²) >= 11 is 0. The smallest absolute Gasteiger partial charge is 0.226 e. The molecule has 1 fully saturated rings. The minimum Gasteiger partial charge on any atom is -0.379 e. The van der Waals surface area contributed by atoms with Crippen LogP contribution in [0.25, 0.3) is 0 Å². The zero-order valence-corrected chi connectivity index (χ0v) is 8.92. The summed E-state index contributed by atoms with van der Waals surface area (Å²) in [7, 11) is 1.64. The topological polar surface area (TPSA) is 55.4 Å². The average molecular weight is 199 g/mol. The van der Waals surface area contributed by atoms with Crippen LogP contribution in [0.4, 0.5) is 0 Å². The second-order valence-electron chi connectivity index (χ2n) is 4.41. The molecule has 0 aromatic carbocycles. The van der Waals surface area contributed by atoms with Gasteiger partial charge in [-0.05, 0) is 26.2 Å². The number of hydrogen-bond donors (Lipinski definition) is 1. The molecule has 0 saturated carbocycles. The van der Waals surface area contributed by atoms with Crippen LogP contribution in [-0.4, -0.2) is 24.5 Å². The molecule has 14 heavy (non-hydrogen) atoms. The van der Waals surface area contributed by atoms with Gasteiger partial charge in [-0.15, -0.1) is 0 Å². The molecule has 1 aliphatic rings. The lowest BCUT2D eigenvalue weighted by molar-refractivity contribution is -0.135. The van der Waals surface area contributed by atoms with E-state index in [0.29, 0.717) is 12.8 Å². The summed E-state index contributed by atoms with van der Waals surface area (Å²) in [6, 6.07) is 0. The number of rotatable bonds is 3. The molecule has 1 N–H and O–H groups in total. The fourth-order valence-corrected chi connectivity index (χ4v) is 1.78. The Labute approximate surface area is 84.0 Å². The summed E-state index contributed by atoms with van der Waals surface area (Å²) in [5, 5.41) is 2.29. The van der Waals surface area contributed by atoms with Gasteiger partial charge in [0.05, 0.1) is 5.60 Å². The molecule has 1 heterocycles. The largest absolute Gasteiger partial charge is 0.379 e. The Kier molecular flexibility index (Phi) is 3.26. The molecule has 1 rings (SSSR count). The normalized spacial score (nSPS) is 19.6. The highest BCUT2D eigenvalue weighted by Gasteiger charge is 2.30. The zero-order valence-electron chi connectivity index (χ0n) is 8.92. The first-order chi connectivity index (χ1) is 6.43. The maximum Gasteiger partial charge on any atom is 0.226 e. The third-order valence-electron chi connectivity index (χ3n) is 2.56. The van der Waals surface area contributed by atoms with Gasteiger partial charge in [-0.25, -0.2) is 0 Å². The van der Waals surface area contributed by atoms with Crippen molar-refractivity contribution in [2.75, 3.05) is 7.11 Å². The molecule has 4 heteroatoms. The average Bonchev–Trinajstić information content (AvgIpc) is 2.01. The Morgan fingerprint density at radius 3 is 2.29 bits per heavy atom. The lowest BCUT2D eigenvalue weighted by atomic mass is 9.86. The fourth-order valence-electron chi connectivity index (χ4n) is 1.78. The number of carbonyl (C=O) groups is 2.